The Morgan fingerprint density at radius 3 is 2.83 bits per heavy atom. The van der Waals surface area contributed by atoms with Crippen LogP contribution in [0.4, 0.5) is 4.39 Å². The lowest BCUT2D eigenvalue weighted by atomic mass is 10.1. The van der Waals surface area contributed by atoms with Gasteiger partial charge in [-0.15, -0.1) is 11.3 Å². The molecule has 0 saturated carbocycles. The SMILES string of the molecule is Cc1sc(/C=C/C(=O)O)nc1-c1ccccc1F. The van der Waals surface area contributed by atoms with Crippen LogP contribution in [0.15, 0.2) is 30.3 Å². The van der Waals surface area contributed by atoms with Gasteiger partial charge >= 0.3 is 5.97 Å². The average molecular weight is 263 g/mol. The normalized spacial score (nSPS) is 11.0. The monoisotopic (exact) mass is 263 g/mol. The van der Waals surface area contributed by atoms with Crippen molar-refractivity contribution in [1.29, 1.82) is 0 Å². The molecule has 0 bridgehead atoms. The summed E-state index contributed by atoms with van der Waals surface area (Å²) in [7, 11) is 0. The van der Waals surface area contributed by atoms with Crippen LogP contribution < -0.4 is 0 Å². The minimum absolute atomic E-state index is 0.334. The largest absolute Gasteiger partial charge is 0.478 e. The molecule has 1 aromatic heterocycles. The Morgan fingerprint density at radius 1 is 1.44 bits per heavy atom. The molecule has 1 heterocycles. The number of aryl methyl sites for hydroxylation is 1. The molecule has 2 rings (SSSR count). The number of aliphatic carboxylic acids is 1. The molecule has 18 heavy (non-hydrogen) atoms. The maximum absolute atomic E-state index is 13.6. The lowest BCUT2D eigenvalue weighted by molar-refractivity contribution is -0.131. The topological polar surface area (TPSA) is 50.2 Å². The number of aromatic nitrogens is 1. The number of hydrogen-bond donors (Lipinski definition) is 1. The molecule has 0 amide bonds. The molecule has 0 saturated heterocycles. The number of benzene rings is 1. The van der Waals surface area contributed by atoms with E-state index in [0.717, 1.165) is 11.0 Å². The van der Waals surface area contributed by atoms with Gasteiger partial charge in [-0.05, 0) is 25.1 Å². The van der Waals surface area contributed by atoms with Gasteiger partial charge in [-0.2, -0.15) is 0 Å². The van der Waals surface area contributed by atoms with Gasteiger partial charge in [-0.1, -0.05) is 12.1 Å². The highest BCUT2D eigenvalue weighted by atomic mass is 32.1. The zero-order valence-electron chi connectivity index (χ0n) is 9.55. The Labute approximate surface area is 107 Å². The van der Waals surface area contributed by atoms with E-state index in [1.165, 1.54) is 23.5 Å². The highest BCUT2D eigenvalue weighted by molar-refractivity contribution is 7.12. The van der Waals surface area contributed by atoms with Crippen LogP contribution in [0, 0.1) is 12.7 Å². The summed E-state index contributed by atoms with van der Waals surface area (Å²) in [6, 6.07) is 6.39. The predicted octanol–water partition coefficient (Wildman–Crippen LogP) is 3.36. The van der Waals surface area contributed by atoms with Crippen LogP contribution in [0.1, 0.15) is 9.88 Å². The zero-order valence-corrected chi connectivity index (χ0v) is 10.4. The molecule has 0 aliphatic rings. The predicted molar refractivity (Wildman–Crippen MR) is 68.9 cm³/mol. The number of carbonyl (C=O) groups is 1. The lowest BCUT2D eigenvalue weighted by Crippen LogP contribution is -1.87. The van der Waals surface area contributed by atoms with E-state index >= 15 is 0 Å². The molecule has 92 valence electrons. The highest BCUT2D eigenvalue weighted by Crippen LogP contribution is 2.29. The van der Waals surface area contributed by atoms with Gasteiger partial charge in [0.15, 0.2) is 0 Å². The van der Waals surface area contributed by atoms with Gasteiger partial charge in [0.25, 0.3) is 0 Å². The molecule has 0 aliphatic heterocycles. The third-order valence-electron chi connectivity index (χ3n) is 2.31. The third kappa shape index (κ3) is 2.62. The van der Waals surface area contributed by atoms with Crippen LogP contribution in [0.2, 0.25) is 0 Å². The van der Waals surface area contributed by atoms with Crippen molar-refractivity contribution in [2.75, 3.05) is 0 Å². The summed E-state index contributed by atoms with van der Waals surface area (Å²) in [4.78, 5) is 15.5. The van der Waals surface area contributed by atoms with E-state index in [-0.39, 0.29) is 5.82 Å². The van der Waals surface area contributed by atoms with E-state index in [0.29, 0.717) is 16.3 Å². The standard InChI is InChI=1S/C13H10FNO2S/c1-8-13(9-4-2-3-5-10(9)14)15-11(18-8)6-7-12(16)17/h2-7H,1H3,(H,16,17)/b7-6+. The third-order valence-corrected chi connectivity index (χ3v) is 3.25. The molecule has 1 aromatic carbocycles. The number of carboxylic acids is 1. The van der Waals surface area contributed by atoms with Gasteiger partial charge in [0.1, 0.15) is 10.8 Å². The van der Waals surface area contributed by atoms with Crippen LogP contribution >= 0.6 is 11.3 Å². The fourth-order valence-corrected chi connectivity index (χ4v) is 2.37. The summed E-state index contributed by atoms with van der Waals surface area (Å²) in [5.41, 5.74) is 0.990. The van der Waals surface area contributed by atoms with Crippen LogP contribution in [0.5, 0.6) is 0 Å². The second-order valence-corrected chi connectivity index (χ2v) is 4.84. The van der Waals surface area contributed by atoms with Gasteiger partial charge in [0.2, 0.25) is 0 Å². The molecule has 5 heteroatoms. The summed E-state index contributed by atoms with van der Waals surface area (Å²) >= 11 is 1.33. The van der Waals surface area contributed by atoms with Gasteiger partial charge in [0, 0.05) is 16.5 Å². The maximum atomic E-state index is 13.6. The van der Waals surface area contributed by atoms with Crippen molar-refractivity contribution in [2.24, 2.45) is 0 Å². The van der Waals surface area contributed by atoms with E-state index < -0.39 is 5.97 Å². The Hall–Kier alpha value is -2.01. The first-order valence-electron chi connectivity index (χ1n) is 5.21. The quantitative estimate of drug-likeness (QED) is 0.864. The molecule has 0 radical (unpaired) electrons. The van der Waals surface area contributed by atoms with Gasteiger partial charge in [-0.3, -0.25) is 0 Å². The Kier molecular flexibility index (Phi) is 3.53. The first kappa shape index (κ1) is 12.4. The molecule has 2 aromatic rings. The lowest BCUT2D eigenvalue weighted by Gasteiger charge is -1.99. The number of nitrogens with zero attached hydrogens (tertiary/aromatic N) is 1. The molecular formula is C13H10FNO2S. The van der Waals surface area contributed by atoms with E-state index in [1.54, 1.807) is 18.2 Å². The first-order chi connectivity index (χ1) is 8.58. The number of thiazole rings is 1. The van der Waals surface area contributed by atoms with Crippen molar-refractivity contribution in [2.45, 2.75) is 6.92 Å². The number of rotatable bonds is 3. The van der Waals surface area contributed by atoms with Gasteiger partial charge < -0.3 is 5.11 Å². The minimum Gasteiger partial charge on any atom is -0.478 e. The van der Waals surface area contributed by atoms with Crippen molar-refractivity contribution < 1.29 is 14.3 Å². The second-order valence-electron chi connectivity index (χ2n) is 3.61. The van der Waals surface area contributed by atoms with Crippen LogP contribution in [-0.2, 0) is 4.79 Å². The van der Waals surface area contributed by atoms with E-state index in [1.807, 2.05) is 6.92 Å². The van der Waals surface area contributed by atoms with Crippen molar-refractivity contribution in [1.82, 2.24) is 4.98 Å². The molecule has 0 atom stereocenters. The van der Waals surface area contributed by atoms with Gasteiger partial charge in [0.05, 0.1) is 5.69 Å². The number of hydrogen-bond acceptors (Lipinski definition) is 3. The fraction of sp³-hybridized carbons (Fsp3) is 0.0769. The van der Waals surface area contributed by atoms with Crippen LogP contribution in [-0.4, -0.2) is 16.1 Å². The minimum atomic E-state index is -1.03. The summed E-state index contributed by atoms with van der Waals surface area (Å²) in [6.45, 7) is 1.83. The second kappa shape index (κ2) is 5.10. The van der Waals surface area contributed by atoms with Gasteiger partial charge in [-0.25, -0.2) is 14.2 Å². The Morgan fingerprint density at radius 2 is 2.17 bits per heavy atom. The van der Waals surface area contributed by atoms with Crippen molar-refractivity contribution in [3.63, 3.8) is 0 Å². The molecule has 3 nitrogen and oxygen atoms in total. The smallest absolute Gasteiger partial charge is 0.328 e. The van der Waals surface area contributed by atoms with E-state index in [9.17, 15) is 9.18 Å². The van der Waals surface area contributed by atoms with Crippen LogP contribution in [0.25, 0.3) is 17.3 Å². The average Bonchev–Trinajstić information content (AvgIpc) is 2.69. The molecule has 0 fully saturated rings. The molecule has 0 aliphatic carbocycles. The van der Waals surface area contributed by atoms with Crippen molar-refractivity contribution in [3.05, 3.63) is 46.0 Å². The first-order valence-corrected chi connectivity index (χ1v) is 6.03. The summed E-state index contributed by atoms with van der Waals surface area (Å²) in [5, 5.41) is 9.09. The van der Waals surface area contributed by atoms with Crippen molar-refractivity contribution >= 4 is 23.4 Å². The molecule has 0 unspecified atom stereocenters. The molecular weight excluding hydrogens is 253 g/mol. The Balaban J connectivity index is 2.42. The van der Waals surface area contributed by atoms with Crippen LogP contribution in [0.3, 0.4) is 0 Å². The summed E-state index contributed by atoms with van der Waals surface area (Å²) in [6.07, 6.45) is 2.42. The highest BCUT2D eigenvalue weighted by Gasteiger charge is 2.11. The number of halogens is 1. The molecule has 0 spiro atoms. The maximum Gasteiger partial charge on any atom is 0.328 e. The molecule has 1 N–H and O–H groups in total. The van der Waals surface area contributed by atoms with E-state index in [4.69, 9.17) is 5.11 Å². The summed E-state index contributed by atoms with van der Waals surface area (Å²) < 4.78 is 13.6. The zero-order chi connectivity index (χ0) is 13.1. The Bertz CT molecular complexity index is 619. The number of carboxylic acid groups (broad SMARTS) is 1. The van der Waals surface area contributed by atoms with E-state index in [2.05, 4.69) is 4.98 Å². The fourth-order valence-electron chi connectivity index (χ4n) is 1.53. The summed E-state index contributed by atoms with van der Waals surface area (Å²) in [5.74, 6) is -1.37. The van der Waals surface area contributed by atoms with Crippen molar-refractivity contribution in [3.8, 4) is 11.3 Å².